The summed E-state index contributed by atoms with van der Waals surface area (Å²) in [5, 5.41) is 5.69. The molecule has 0 amide bonds. The van der Waals surface area contributed by atoms with Gasteiger partial charge in [0.15, 0.2) is 0 Å². The second-order valence-electron chi connectivity index (χ2n) is 5.88. The van der Waals surface area contributed by atoms with Crippen LogP contribution in [0, 0.1) is 5.82 Å². The van der Waals surface area contributed by atoms with Gasteiger partial charge in [0, 0.05) is 12.2 Å². The largest absolute Gasteiger partial charge is 0.464 e. The number of rotatable bonds is 7. The lowest BCUT2D eigenvalue weighted by atomic mass is 10.2. The van der Waals surface area contributed by atoms with Crippen molar-refractivity contribution in [3.63, 3.8) is 0 Å². The second kappa shape index (κ2) is 8.72. The molecular formula is C19H17F4N5O. The lowest BCUT2D eigenvalue weighted by Crippen LogP contribution is -2.10. The third kappa shape index (κ3) is 5.77. The van der Waals surface area contributed by atoms with Crippen molar-refractivity contribution >= 4 is 17.6 Å². The van der Waals surface area contributed by atoms with E-state index in [0.717, 1.165) is 17.7 Å². The van der Waals surface area contributed by atoms with E-state index in [1.807, 2.05) is 0 Å². The minimum absolute atomic E-state index is 0.0126. The lowest BCUT2D eigenvalue weighted by molar-refractivity contribution is -0.137. The number of alkyl halides is 3. The molecule has 10 heteroatoms. The fourth-order valence-corrected chi connectivity index (χ4v) is 2.37. The summed E-state index contributed by atoms with van der Waals surface area (Å²) in [7, 11) is 0. The van der Waals surface area contributed by atoms with Crippen molar-refractivity contribution in [2.75, 3.05) is 17.2 Å². The zero-order valence-corrected chi connectivity index (χ0v) is 15.3. The van der Waals surface area contributed by atoms with Crippen LogP contribution < -0.4 is 15.4 Å². The maximum atomic E-state index is 13.0. The molecule has 3 aromatic rings. The minimum atomic E-state index is -4.46. The molecule has 0 bridgehead atoms. The van der Waals surface area contributed by atoms with E-state index in [-0.39, 0.29) is 29.4 Å². The van der Waals surface area contributed by atoms with Crippen LogP contribution >= 0.6 is 0 Å². The van der Waals surface area contributed by atoms with Crippen LogP contribution in [0.15, 0.2) is 48.5 Å². The number of benzene rings is 2. The van der Waals surface area contributed by atoms with Gasteiger partial charge in [-0.2, -0.15) is 28.1 Å². The number of hydrogen-bond donors (Lipinski definition) is 2. The Balaban J connectivity index is 1.80. The molecule has 2 N–H and O–H groups in total. The fourth-order valence-electron chi connectivity index (χ4n) is 2.37. The minimum Gasteiger partial charge on any atom is -0.464 e. The van der Waals surface area contributed by atoms with Crippen LogP contribution in [0.3, 0.4) is 0 Å². The van der Waals surface area contributed by atoms with Gasteiger partial charge in [0.25, 0.3) is 0 Å². The van der Waals surface area contributed by atoms with E-state index >= 15 is 0 Å². The van der Waals surface area contributed by atoms with Gasteiger partial charge in [0.1, 0.15) is 5.82 Å². The standard InChI is InChI=1S/C19H17F4N5O/c1-2-29-18-27-16(24-11-12-6-8-14(20)9-7-12)26-17(28-18)25-15-5-3-4-13(10-15)19(21,22)23/h3-10H,2,11H2,1H3,(H2,24,25,26,27,28). The highest BCUT2D eigenvalue weighted by atomic mass is 19.4. The van der Waals surface area contributed by atoms with E-state index in [1.54, 1.807) is 19.1 Å². The van der Waals surface area contributed by atoms with Crippen molar-refractivity contribution in [1.29, 1.82) is 0 Å². The molecule has 0 aliphatic rings. The summed E-state index contributed by atoms with van der Waals surface area (Å²) in [6.07, 6.45) is -4.46. The van der Waals surface area contributed by atoms with Gasteiger partial charge in [0.05, 0.1) is 12.2 Å². The Labute approximate surface area is 164 Å². The maximum Gasteiger partial charge on any atom is 0.416 e. The first-order chi connectivity index (χ1) is 13.8. The molecule has 0 fully saturated rings. The van der Waals surface area contributed by atoms with Crippen molar-refractivity contribution < 1.29 is 22.3 Å². The van der Waals surface area contributed by atoms with E-state index in [1.165, 1.54) is 24.3 Å². The molecule has 0 saturated carbocycles. The van der Waals surface area contributed by atoms with E-state index in [0.29, 0.717) is 13.2 Å². The Morgan fingerprint density at radius 3 is 2.38 bits per heavy atom. The second-order valence-corrected chi connectivity index (χ2v) is 5.88. The first kappa shape index (κ1) is 20.3. The van der Waals surface area contributed by atoms with E-state index in [9.17, 15) is 17.6 Å². The van der Waals surface area contributed by atoms with Crippen LogP contribution in [0.2, 0.25) is 0 Å². The third-order valence-corrected chi connectivity index (χ3v) is 3.70. The van der Waals surface area contributed by atoms with Gasteiger partial charge in [-0.05, 0) is 42.8 Å². The molecule has 152 valence electrons. The van der Waals surface area contributed by atoms with Crippen LogP contribution in [0.25, 0.3) is 0 Å². The molecule has 6 nitrogen and oxygen atoms in total. The quantitative estimate of drug-likeness (QED) is 0.549. The Morgan fingerprint density at radius 1 is 0.966 bits per heavy atom. The molecule has 0 unspecified atom stereocenters. The molecule has 2 aromatic carbocycles. The normalized spacial score (nSPS) is 11.2. The molecule has 1 aromatic heterocycles. The SMILES string of the molecule is CCOc1nc(NCc2ccc(F)cc2)nc(Nc2cccc(C(F)(F)F)c2)n1. The van der Waals surface area contributed by atoms with Gasteiger partial charge in [-0.25, -0.2) is 4.39 Å². The highest BCUT2D eigenvalue weighted by Crippen LogP contribution is 2.31. The zero-order chi connectivity index (χ0) is 20.9. The zero-order valence-electron chi connectivity index (χ0n) is 15.3. The van der Waals surface area contributed by atoms with Crippen molar-refractivity contribution in [2.45, 2.75) is 19.6 Å². The Kier molecular flexibility index (Phi) is 6.10. The van der Waals surface area contributed by atoms with Gasteiger partial charge in [-0.15, -0.1) is 0 Å². The first-order valence-electron chi connectivity index (χ1n) is 8.65. The molecule has 29 heavy (non-hydrogen) atoms. The molecule has 0 aliphatic carbocycles. The Bertz CT molecular complexity index is 964. The van der Waals surface area contributed by atoms with Crippen LogP contribution in [0.5, 0.6) is 6.01 Å². The molecule has 0 atom stereocenters. The van der Waals surface area contributed by atoms with E-state index < -0.39 is 11.7 Å². The molecule has 1 heterocycles. The number of aromatic nitrogens is 3. The summed E-state index contributed by atoms with van der Waals surface area (Å²) in [5.74, 6) is -0.174. The van der Waals surface area contributed by atoms with Gasteiger partial charge >= 0.3 is 12.2 Å². The van der Waals surface area contributed by atoms with Gasteiger partial charge in [0.2, 0.25) is 11.9 Å². The third-order valence-electron chi connectivity index (χ3n) is 3.70. The summed E-state index contributed by atoms with van der Waals surface area (Å²) in [4.78, 5) is 12.3. The number of nitrogens with one attached hydrogen (secondary N) is 2. The first-order valence-corrected chi connectivity index (χ1v) is 8.65. The average molecular weight is 407 g/mol. The molecule has 0 radical (unpaired) electrons. The fraction of sp³-hybridized carbons (Fsp3) is 0.211. The van der Waals surface area contributed by atoms with Crippen LogP contribution in [-0.4, -0.2) is 21.6 Å². The van der Waals surface area contributed by atoms with Crippen molar-refractivity contribution in [1.82, 2.24) is 15.0 Å². The van der Waals surface area contributed by atoms with Crippen LogP contribution in [-0.2, 0) is 12.7 Å². The highest BCUT2D eigenvalue weighted by molar-refractivity contribution is 5.55. The van der Waals surface area contributed by atoms with Crippen molar-refractivity contribution in [3.05, 3.63) is 65.5 Å². The Morgan fingerprint density at radius 2 is 1.69 bits per heavy atom. The lowest BCUT2D eigenvalue weighted by Gasteiger charge is -2.12. The number of ether oxygens (including phenoxy) is 1. The van der Waals surface area contributed by atoms with E-state index in [2.05, 4.69) is 25.6 Å². The molecule has 0 aliphatic heterocycles. The average Bonchev–Trinajstić information content (AvgIpc) is 2.67. The maximum absolute atomic E-state index is 13.0. The monoisotopic (exact) mass is 407 g/mol. The number of anilines is 3. The smallest absolute Gasteiger partial charge is 0.416 e. The Hall–Kier alpha value is -3.43. The predicted octanol–water partition coefficient (Wildman–Crippen LogP) is 4.78. The van der Waals surface area contributed by atoms with Crippen LogP contribution in [0.1, 0.15) is 18.1 Å². The number of halogens is 4. The highest BCUT2D eigenvalue weighted by Gasteiger charge is 2.30. The van der Waals surface area contributed by atoms with E-state index in [4.69, 9.17) is 4.74 Å². The summed E-state index contributed by atoms with van der Waals surface area (Å²) in [6, 6.07) is 10.6. The summed E-state index contributed by atoms with van der Waals surface area (Å²) in [6.45, 7) is 2.35. The molecule has 3 rings (SSSR count). The number of nitrogens with zero attached hydrogens (tertiary/aromatic N) is 3. The molecule has 0 spiro atoms. The predicted molar refractivity (Wildman–Crippen MR) is 99.4 cm³/mol. The summed E-state index contributed by atoms with van der Waals surface area (Å²) < 4.78 is 57.0. The van der Waals surface area contributed by atoms with Crippen molar-refractivity contribution in [3.8, 4) is 6.01 Å². The van der Waals surface area contributed by atoms with Gasteiger partial charge < -0.3 is 15.4 Å². The summed E-state index contributed by atoms with van der Waals surface area (Å²) in [5.41, 5.74) is 0.159. The topological polar surface area (TPSA) is 72.0 Å². The van der Waals surface area contributed by atoms with Gasteiger partial charge in [-0.3, -0.25) is 0 Å². The summed E-state index contributed by atoms with van der Waals surface area (Å²) >= 11 is 0. The van der Waals surface area contributed by atoms with Crippen LogP contribution in [0.4, 0.5) is 35.1 Å². The van der Waals surface area contributed by atoms with Gasteiger partial charge in [-0.1, -0.05) is 18.2 Å². The molecule has 0 saturated heterocycles. The number of hydrogen-bond acceptors (Lipinski definition) is 6. The molecular weight excluding hydrogens is 390 g/mol. The van der Waals surface area contributed by atoms with Crippen molar-refractivity contribution in [2.24, 2.45) is 0 Å².